The van der Waals surface area contributed by atoms with E-state index in [0.29, 0.717) is 0 Å². The summed E-state index contributed by atoms with van der Waals surface area (Å²) in [6.45, 7) is 13.1. The van der Waals surface area contributed by atoms with Crippen LogP contribution in [0.3, 0.4) is 0 Å². The van der Waals surface area contributed by atoms with Crippen molar-refractivity contribution in [3.8, 4) is 11.4 Å². The van der Waals surface area contributed by atoms with Gasteiger partial charge in [0.15, 0.2) is 0 Å². The molecule has 186 valence electrons. The van der Waals surface area contributed by atoms with E-state index in [1.807, 2.05) is 0 Å². The first-order valence-corrected chi connectivity index (χ1v) is 13.4. The molecule has 0 unspecified atom stereocenters. The van der Waals surface area contributed by atoms with Crippen LogP contribution in [0.25, 0.3) is 55.0 Å². The fourth-order valence-corrected chi connectivity index (χ4v) is 6.47. The molecule has 2 heteroatoms. The molecule has 0 radical (unpaired) electrons. The Morgan fingerprint density at radius 3 is 1.03 bits per heavy atom. The number of rotatable bonds is 2. The Morgan fingerprint density at radius 1 is 0.316 bits per heavy atom. The second-order valence-corrected chi connectivity index (χ2v) is 11.3. The third-order valence-electron chi connectivity index (χ3n) is 7.89. The molecule has 0 fully saturated rings. The van der Waals surface area contributed by atoms with Gasteiger partial charge in [0.2, 0.25) is 0 Å². The number of fused-ring (bicyclic) bond motifs is 6. The van der Waals surface area contributed by atoms with Gasteiger partial charge in [0.25, 0.3) is 0 Å². The highest BCUT2D eigenvalue weighted by molar-refractivity contribution is 6.19. The summed E-state index contributed by atoms with van der Waals surface area (Å²) in [5.41, 5.74) is 15.1. The maximum absolute atomic E-state index is 2.46. The van der Waals surface area contributed by atoms with Gasteiger partial charge in [-0.1, -0.05) is 35.4 Å². The van der Waals surface area contributed by atoms with Gasteiger partial charge in [0.05, 0.1) is 22.1 Å². The number of aromatic nitrogens is 2. The van der Waals surface area contributed by atoms with Crippen LogP contribution < -0.4 is 0 Å². The topological polar surface area (TPSA) is 9.86 Å². The van der Waals surface area contributed by atoms with E-state index in [2.05, 4.69) is 136 Å². The van der Waals surface area contributed by atoms with Crippen LogP contribution in [-0.2, 0) is 0 Å². The SMILES string of the molecule is Cc1cc(C)cc(-n2c3ccc(C)cc3c3cc4c(cc32)c2cc(C)ccc2n4-c2cc(C)cc(C)c2)c1. The Morgan fingerprint density at radius 2 is 0.658 bits per heavy atom. The van der Waals surface area contributed by atoms with E-state index in [1.165, 1.54) is 88.4 Å². The average Bonchev–Trinajstić information content (AvgIpc) is 3.33. The summed E-state index contributed by atoms with van der Waals surface area (Å²) in [6, 6.07) is 32.3. The van der Waals surface area contributed by atoms with Gasteiger partial charge in [-0.25, -0.2) is 0 Å². The molecule has 5 aromatic carbocycles. The van der Waals surface area contributed by atoms with E-state index in [0.717, 1.165) is 0 Å². The number of benzene rings is 5. The van der Waals surface area contributed by atoms with Gasteiger partial charge < -0.3 is 9.13 Å². The van der Waals surface area contributed by atoms with Crippen LogP contribution in [-0.4, -0.2) is 9.13 Å². The number of nitrogens with zero attached hydrogens (tertiary/aromatic N) is 2. The fraction of sp³-hybridized carbons (Fsp3) is 0.167. The summed E-state index contributed by atoms with van der Waals surface area (Å²) < 4.78 is 4.92. The Balaban J connectivity index is 1.70. The summed E-state index contributed by atoms with van der Waals surface area (Å²) in [7, 11) is 0. The first-order valence-electron chi connectivity index (χ1n) is 13.4. The maximum Gasteiger partial charge on any atom is 0.0548 e. The normalized spacial score (nSPS) is 11.9. The lowest BCUT2D eigenvalue weighted by molar-refractivity contribution is 1.15. The molecule has 0 spiro atoms. The molecular formula is C36H32N2. The quantitative estimate of drug-likeness (QED) is 0.227. The van der Waals surface area contributed by atoms with Crippen molar-refractivity contribution in [3.63, 3.8) is 0 Å². The zero-order valence-corrected chi connectivity index (χ0v) is 23.0. The van der Waals surface area contributed by atoms with Gasteiger partial charge in [-0.2, -0.15) is 0 Å². The molecule has 0 atom stereocenters. The summed E-state index contributed by atoms with van der Waals surface area (Å²) in [6.07, 6.45) is 0. The van der Waals surface area contributed by atoms with E-state index in [9.17, 15) is 0 Å². The van der Waals surface area contributed by atoms with E-state index in [-0.39, 0.29) is 0 Å². The van der Waals surface area contributed by atoms with Crippen LogP contribution in [0.4, 0.5) is 0 Å². The molecule has 7 aromatic rings. The van der Waals surface area contributed by atoms with Crippen molar-refractivity contribution in [2.24, 2.45) is 0 Å². The molecule has 0 bridgehead atoms. The molecular weight excluding hydrogens is 460 g/mol. The lowest BCUT2D eigenvalue weighted by atomic mass is 10.1. The molecule has 0 aliphatic heterocycles. The molecule has 0 N–H and O–H groups in total. The summed E-state index contributed by atoms with van der Waals surface area (Å²) in [4.78, 5) is 0. The molecule has 0 aliphatic rings. The van der Waals surface area contributed by atoms with Gasteiger partial charge in [-0.05, 0) is 124 Å². The monoisotopic (exact) mass is 492 g/mol. The lowest BCUT2D eigenvalue weighted by Gasteiger charge is -2.11. The van der Waals surface area contributed by atoms with Crippen molar-refractivity contribution in [2.45, 2.75) is 41.5 Å². The Bertz CT molecular complexity index is 1890. The van der Waals surface area contributed by atoms with Crippen molar-refractivity contribution in [1.29, 1.82) is 0 Å². The van der Waals surface area contributed by atoms with Gasteiger partial charge in [-0.3, -0.25) is 0 Å². The largest absolute Gasteiger partial charge is 0.309 e. The van der Waals surface area contributed by atoms with Crippen LogP contribution in [0.2, 0.25) is 0 Å². The van der Waals surface area contributed by atoms with E-state index < -0.39 is 0 Å². The smallest absolute Gasteiger partial charge is 0.0548 e. The lowest BCUT2D eigenvalue weighted by Crippen LogP contribution is -1.96. The van der Waals surface area contributed by atoms with Crippen LogP contribution in [0, 0.1) is 41.5 Å². The minimum atomic E-state index is 1.22. The van der Waals surface area contributed by atoms with Crippen LogP contribution in [0.5, 0.6) is 0 Å². The summed E-state index contributed by atoms with van der Waals surface area (Å²) in [5, 5.41) is 5.19. The highest BCUT2D eigenvalue weighted by atomic mass is 15.0. The molecule has 0 amide bonds. The maximum atomic E-state index is 2.46. The van der Waals surface area contributed by atoms with Crippen molar-refractivity contribution < 1.29 is 0 Å². The predicted octanol–water partition coefficient (Wildman–Crippen LogP) is 9.73. The minimum absolute atomic E-state index is 1.22. The first kappa shape index (κ1) is 22.9. The molecule has 2 aromatic heterocycles. The Hall–Kier alpha value is -4.30. The first-order chi connectivity index (χ1) is 18.3. The standard InChI is InChI=1S/C36H32N2/c1-21-7-9-33-29(17-21)31-19-36-32(20-35(31)37(33)27-13-23(3)11-24(4)14-27)30-18-22(2)8-10-34(30)38(36)28-15-25(5)12-26(6)16-28/h7-20H,1-6H3. The molecule has 7 rings (SSSR count). The van der Waals surface area contributed by atoms with Crippen LogP contribution in [0.15, 0.2) is 84.9 Å². The number of hydrogen-bond donors (Lipinski definition) is 0. The van der Waals surface area contributed by atoms with Gasteiger partial charge in [0, 0.05) is 32.9 Å². The van der Waals surface area contributed by atoms with E-state index in [4.69, 9.17) is 0 Å². The Kier molecular flexibility index (Phi) is 4.87. The molecule has 2 nitrogen and oxygen atoms in total. The third kappa shape index (κ3) is 3.40. The average molecular weight is 493 g/mol. The highest BCUT2D eigenvalue weighted by Crippen LogP contribution is 2.40. The molecule has 0 saturated heterocycles. The second kappa shape index (κ2) is 8.10. The van der Waals surface area contributed by atoms with Crippen molar-refractivity contribution in [1.82, 2.24) is 9.13 Å². The highest BCUT2D eigenvalue weighted by Gasteiger charge is 2.19. The van der Waals surface area contributed by atoms with Gasteiger partial charge >= 0.3 is 0 Å². The van der Waals surface area contributed by atoms with Gasteiger partial charge in [0.1, 0.15) is 0 Å². The zero-order valence-electron chi connectivity index (χ0n) is 23.0. The van der Waals surface area contributed by atoms with Crippen molar-refractivity contribution in [3.05, 3.63) is 118 Å². The number of aryl methyl sites for hydroxylation is 6. The van der Waals surface area contributed by atoms with E-state index >= 15 is 0 Å². The summed E-state index contributed by atoms with van der Waals surface area (Å²) >= 11 is 0. The second-order valence-electron chi connectivity index (χ2n) is 11.3. The Labute approximate surface area is 223 Å². The van der Waals surface area contributed by atoms with Crippen molar-refractivity contribution in [2.75, 3.05) is 0 Å². The van der Waals surface area contributed by atoms with Crippen LogP contribution >= 0.6 is 0 Å². The molecule has 0 aliphatic carbocycles. The van der Waals surface area contributed by atoms with Crippen molar-refractivity contribution >= 4 is 43.6 Å². The van der Waals surface area contributed by atoms with Gasteiger partial charge in [-0.15, -0.1) is 0 Å². The predicted molar refractivity (Wildman–Crippen MR) is 164 cm³/mol. The molecule has 2 heterocycles. The molecule has 0 saturated carbocycles. The number of hydrogen-bond acceptors (Lipinski definition) is 0. The minimum Gasteiger partial charge on any atom is -0.309 e. The fourth-order valence-electron chi connectivity index (χ4n) is 6.47. The summed E-state index contributed by atoms with van der Waals surface area (Å²) in [5.74, 6) is 0. The zero-order chi connectivity index (χ0) is 26.3. The third-order valence-corrected chi connectivity index (χ3v) is 7.89. The molecule has 38 heavy (non-hydrogen) atoms. The van der Waals surface area contributed by atoms with E-state index in [1.54, 1.807) is 0 Å². The van der Waals surface area contributed by atoms with Crippen LogP contribution in [0.1, 0.15) is 33.4 Å².